The fraction of sp³-hybridized carbons (Fsp3) is 0.591. The van der Waals surface area contributed by atoms with E-state index >= 15 is 0 Å². The Morgan fingerprint density at radius 1 is 0.933 bits per heavy atom. The van der Waals surface area contributed by atoms with Gasteiger partial charge in [0, 0.05) is 20.5 Å². The largest absolute Gasteiger partial charge is 0.497 e. The number of hydrogen-bond acceptors (Lipinski definition) is 5. The maximum atomic E-state index is 13.2. The smallest absolute Gasteiger partial charge is 0.252 e. The van der Waals surface area contributed by atoms with Crippen molar-refractivity contribution in [3.63, 3.8) is 0 Å². The van der Waals surface area contributed by atoms with Crippen LogP contribution in [-0.4, -0.2) is 72.0 Å². The maximum absolute atomic E-state index is 13.2. The number of aliphatic hydroxyl groups excluding tert-OH is 1. The van der Waals surface area contributed by atoms with Gasteiger partial charge < -0.3 is 25.4 Å². The summed E-state index contributed by atoms with van der Waals surface area (Å²) < 4.78 is 5.11. The summed E-state index contributed by atoms with van der Waals surface area (Å²) in [5, 5.41) is 10.5. The zero-order valence-corrected chi connectivity index (χ0v) is 19.0. The van der Waals surface area contributed by atoms with E-state index in [1.54, 1.807) is 45.2 Å². The molecule has 0 aliphatic rings. The molecule has 1 aromatic rings. The molecule has 0 aliphatic carbocycles. The molecule has 3 amide bonds. The fourth-order valence-electron chi connectivity index (χ4n) is 3.65. The number of nitrogens with zero attached hydrogens (tertiary/aromatic N) is 2. The van der Waals surface area contributed by atoms with E-state index in [0.29, 0.717) is 5.75 Å². The highest BCUT2D eigenvalue weighted by Gasteiger charge is 2.38. The third-order valence-electron chi connectivity index (χ3n) is 5.21. The topological polar surface area (TPSA) is 113 Å². The number of aliphatic hydroxyl groups is 1. The van der Waals surface area contributed by atoms with E-state index in [4.69, 9.17) is 10.5 Å². The van der Waals surface area contributed by atoms with Crippen molar-refractivity contribution >= 4 is 17.7 Å². The van der Waals surface area contributed by atoms with Crippen LogP contribution in [0.5, 0.6) is 5.75 Å². The van der Waals surface area contributed by atoms with Crippen molar-refractivity contribution in [2.24, 2.45) is 17.6 Å². The summed E-state index contributed by atoms with van der Waals surface area (Å²) in [7, 11) is 4.56. The highest BCUT2D eigenvalue weighted by Crippen LogP contribution is 2.19. The molecule has 0 saturated heterocycles. The van der Waals surface area contributed by atoms with Crippen LogP contribution < -0.4 is 10.5 Å². The molecule has 30 heavy (non-hydrogen) atoms. The van der Waals surface area contributed by atoms with Crippen LogP contribution in [0.2, 0.25) is 0 Å². The maximum Gasteiger partial charge on any atom is 0.252 e. The number of likely N-dealkylation sites (N-methyl/N-ethyl adjacent to an activating group) is 2. The second kappa shape index (κ2) is 11.0. The molecule has 0 spiro atoms. The molecule has 0 aliphatic heterocycles. The van der Waals surface area contributed by atoms with Gasteiger partial charge in [0.1, 0.15) is 23.9 Å². The summed E-state index contributed by atoms with van der Waals surface area (Å²) in [6.07, 6.45) is -1.20. The summed E-state index contributed by atoms with van der Waals surface area (Å²) in [6, 6.07) is 5.42. The molecule has 1 aromatic carbocycles. The van der Waals surface area contributed by atoms with E-state index in [1.807, 2.05) is 13.8 Å². The van der Waals surface area contributed by atoms with E-state index in [2.05, 4.69) is 0 Å². The van der Waals surface area contributed by atoms with Gasteiger partial charge in [-0.15, -0.1) is 0 Å². The number of rotatable bonds is 10. The molecule has 0 saturated carbocycles. The molecule has 8 nitrogen and oxygen atoms in total. The molecule has 0 heterocycles. The normalized spacial score (nSPS) is 14.2. The van der Waals surface area contributed by atoms with Gasteiger partial charge in [0.05, 0.1) is 7.11 Å². The second-order valence-electron chi connectivity index (χ2n) is 8.25. The molecule has 0 radical (unpaired) electrons. The van der Waals surface area contributed by atoms with Crippen LogP contribution in [-0.2, 0) is 20.8 Å². The lowest BCUT2D eigenvalue weighted by atomic mass is 9.96. The molecular formula is C22H35N3O5. The van der Waals surface area contributed by atoms with Gasteiger partial charge in [0.25, 0.3) is 5.91 Å². The highest BCUT2D eigenvalue weighted by molar-refractivity contribution is 5.92. The van der Waals surface area contributed by atoms with Gasteiger partial charge in [-0.3, -0.25) is 14.4 Å². The summed E-state index contributed by atoms with van der Waals surface area (Å²) in [5.41, 5.74) is 6.25. The Kier molecular flexibility index (Phi) is 9.29. The summed E-state index contributed by atoms with van der Waals surface area (Å²) >= 11 is 0. The minimum atomic E-state index is -1.31. The average molecular weight is 422 g/mol. The Hall–Kier alpha value is -2.61. The molecule has 168 valence electrons. The Morgan fingerprint density at radius 2 is 1.40 bits per heavy atom. The van der Waals surface area contributed by atoms with Crippen molar-refractivity contribution in [3.8, 4) is 5.75 Å². The van der Waals surface area contributed by atoms with Crippen molar-refractivity contribution in [3.05, 3.63) is 29.8 Å². The molecule has 3 unspecified atom stereocenters. The van der Waals surface area contributed by atoms with Crippen LogP contribution in [0, 0.1) is 11.8 Å². The summed E-state index contributed by atoms with van der Waals surface area (Å²) in [6.45, 7) is 7.23. The first-order valence-corrected chi connectivity index (χ1v) is 10.1. The van der Waals surface area contributed by atoms with Gasteiger partial charge >= 0.3 is 0 Å². The Morgan fingerprint density at radius 3 is 1.80 bits per heavy atom. The summed E-state index contributed by atoms with van der Waals surface area (Å²) in [4.78, 5) is 40.4. The van der Waals surface area contributed by atoms with Crippen LogP contribution in [0.1, 0.15) is 33.3 Å². The summed E-state index contributed by atoms with van der Waals surface area (Å²) in [5.74, 6) is -1.29. The van der Waals surface area contributed by atoms with Crippen molar-refractivity contribution in [1.82, 2.24) is 9.80 Å². The Bertz CT molecular complexity index is 733. The number of hydrogen-bond donors (Lipinski definition) is 2. The Labute approximate surface area is 179 Å². The van der Waals surface area contributed by atoms with Crippen molar-refractivity contribution in [2.75, 3.05) is 21.2 Å². The zero-order valence-electron chi connectivity index (χ0n) is 19.0. The SMILES string of the molecule is COc1ccc(CC(O)C(=O)N(C)C(C(=O)N(C)C(C(N)=O)C(C)C)C(C)C)cc1. The van der Waals surface area contributed by atoms with Crippen LogP contribution in [0.4, 0.5) is 0 Å². The van der Waals surface area contributed by atoms with Crippen LogP contribution in [0.15, 0.2) is 24.3 Å². The molecule has 8 heteroatoms. The van der Waals surface area contributed by atoms with Gasteiger partial charge in [-0.25, -0.2) is 0 Å². The Balaban J connectivity index is 3.00. The van der Waals surface area contributed by atoms with Gasteiger partial charge in [-0.1, -0.05) is 39.8 Å². The number of carbonyl (C=O) groups excluding carboxylic acids is 3. The number of carbonyl (C=O) groups is 3. The zero-order chi connectivity index (χ0) is 23.2. The van der Waals surface area contributed by atoms with Crippen LogP contribution in [0.25, 0.3) is 0 Å². The molecular weight excluding hydrogens is 386 g/mol. The lowest BCUT2D eigenvalue weighted by Gasteiger charge is -2.37. The number of benzene rings is 1. The van der Waals surface area contributed by atoms with E-state index in [-0.39, 0.29) is 18.3 Å². The second-order valence-corrected chi connectivity index (χ2v) is 8.25. The molecule has 0 fully saturated rings. The lowest BCUT2D eigenvalue weighted by Crippen LogP contribution is -2.58. The van der Waals surface area contributed by atoms with E-state index < -0.39 is 35.9 Å². The number of primary amides is 1. The predicted octanol–water partition coefficient (Wildman–Crippen LogP) is 1.05. The van der Waals surface area contributed by atoms with Crippen molar-refractivity contribution < 1.29 is 24.2 Å². The van der Waals surface area contributed by atoms with Crippen LogP contribution >= 0.6 is 0 Å². The fourth-order valence-corrected chi connectivity index (χ4v) is 3.65. The van der Waals surface area contributed by atoms with Crippen LogP contribution in [0.3, 0.4) is 0 Å². The molecule has 1 rings (SSSR count). The minimum Gasteiger partial charge on any atom is -0.497 e. The van der Waals surface area contributed by atoms with Gasteiger partial charge in [0.15, 0.2) is 0 Å². The molecule has 0 aromatic heterocycles. The number of amides is 3. The number of ether oxygens (including phenoxy) is 1. The van der Waals surface area contributed by atoms with Crippen molar-refractivity contribution in [1.29, 1.82) is 0 Å². The first-order valence-electron chi connectivity index (χ1n) is 10.1. The first-order chi connectivity index (χ1) is 13.9. The first kappa shape index (κ1) is 25.4. The number of methoxy groups -OCH3 is 1. The monoisotopic (exact) mass is 421 g/mol. The van der Waals surface area contributed by atoms with Gasteiger partial charge in [-0.2, -0.15) is 0 Å². The molecule has 3 atom stereocenters. The van der Waals surface area contributed by atoms with E-state index in [1.165, 1.54) is 23.9 Å². The standard InChI is InChI=1S/C22H35N3O5/c1-13(2)18(20(23)27)24(5)22(29)19(14(3)4)25(6)21(28)17(26)12-15-8-10-16(30-7)11-9-15/h8-11,13-14,17-19,26H,12H2,1-7H3,(H2,23,27). The lowest BCUT2D eigenvalue weighted by molar-refractivity contribution is -0.153. The molecule has 0 bridgehead atoms. The van der Waals surface area contributed by atoms with Gasteiger partial charge in [0.2, 0.25) is 11.8 Å². The third kappa shape index (κ3) is 6.19. The average Bonchev–Trinajstić information content (AvgIpc) is 2.66. The highest BCUT2D eigenvalue weighted by atomic mass is 16.5. The van der Waals surface area contributed by atoms with E-state index in [9.17, 15) is 19.5 Å². The third-order valence-corrected chi connectivity index (χ3v) is 5.21. The van der Waals surface area contributed by atoms with Gasteiger partial charge in [-0.05, 0) is 29.5 Å². The quantitative estimate of drug-likeness (QED) is 0.586. The van der Waals surface area contributed by atoms with E-state index in [0.717, 1.165) is 5.56 Å². The molecule has 3 N–H and O–H groups in total. The van der Waals surface area contributed by atoms with Crippen molar-refractivity contribution in [2.45, 2.75) is 52.3 Å². The number of nitrogens with two attached hydrogens (primary N) is 1. The predicted molar refractivity (Wildman–Crippen MR) is 115 cm³/mol. The minimum absolute atomic E-state index is 0.109.